The van der Waals surface area contributed by atoms with E-state index >= 15 is 0 Å². The van der Waals surface area contributed by atoms with E-state index in [1.54, 1.807) is 18.2 Å². The number of hydrogen-bond acceptors (Lipinski definition) is 6. The van der Waals surface area contributed by atoms with Crippen molar-refractivity contribution >= 4 is 35.3 Å². The molecule has 12 heteroatoms. The van der Waals surface area contributed by atoms with Crippen LogP contribution in [0.1, 0.15) is 15.9 Å². The number of benzene rings is 1. The van der Waals surface area contributed by atoms with Gasteiger partial charge < -0.3 is 15.8 Å². The Balaban J connectivity index is 0.00000272. The van der Waals surface area contributed by atoms with Crippen molar-refractivity contribution in [1.29, 1.82) is 0 Å². The zero-order valence-corrected chi connectivity index (χ0v) is 17.6. The number of aromatic nitrogens is 3. The van der Waals surface area contributed by atoms with Crippen LogP contribution in [0.25, 0.3) is 0 Å². The van der Waals surface area contributed by atoms with Gasteiger partial charge in [0, 0.05) is 11.4 Å². The summed E-state index contributed by atoms with van der Waals surface area (Å²) in [6, 6.07) is 7.75. The van der Waals surface area contributed by atoms with Crippen LogP contribution >= 0.6 is 23.7 Å². The van der Waals surface area contributed by atoms with E-state index in [0.29, 0.717) is 11.2 Å². The van der Waals surface area contributed by atoms with E-state index in [1.807, 2.05) is 0 Å². The number of fused-ring (bicyclic) bond motifs is 1. The first kappa shape index (κ1) is 22.7. The molecule has 0 radical (unpaired) electrons. The molecule has 1 atom stereocenters. The van der Waals surface area contributed by atoms with Gasteiger partial charge in [-0.25, -0.2) is 18.3 Å². The number of carbonyl (C=O) groups is 1. The smallest absolute Gasteiger partial charge is 0.346 e. The van der Waals surface area contributed by atoms with Crippen molar-refractivity contribution in [3.05, 3.63) is 74.6 Å². The number of anilines is 1. The SMILES string of the molecule is Cl.NC/C(=C\F)Cn1ncn(Cc2ccc(C3Oc4c(F)cccc4NC3=O)s2)c1=O. The average Bonchev–Trinajstić information content (AvgIpc) is 3.33. The van der Waals surface area contributed by atoms with Crippen LogP contribution in [0, 0.1) is 5.82 Å². The lowest BCUT2D eigenvalue weighted by molar-refractivity contribution is -0.123. The summed E-state index contributed by atoms with van der Waals surface area (Å²) >= 11 is 1.26. The number of amides is 1. The molecule has 0 aliphatic carbocycles. The van der Waals surface area contributed by atoms with Gasteiger partial charge in [0.1, 0.15) is 6.33 Å². The van der Waals surface area contributed by atoms with Gasteiger partial charge in [0.25, 0.3) is 5.91 Å². The van der Waals surface area contributed by atoms with Gasteiger partial charge in [0.2, 0.25) is 6.10 Å². The van der Waals surface area contributed by atoms with Gasteiger partial charge in [-0.1, -0.05) is 6.07 Å². The first-order valence-electron chi connectivity index (χ1n) is 8.95. The number of thiophene rings is 1. The van der Waals surface area contributed by atoms with Crippen molar-refractivity contribution in [1.82, 2.24) is 14.3 Å². The van der Waals surface area contributed by atoms with Crippen LogP contribution in [0.2, 0.25) is 0 Å². The van der Waals surface area contributed by atoms with E-state index in [-0.39, 0.29) is 49.1 Å². The highest BCUT2D eigenvalue weighted by Crippen LogP contribution is 2.38. The molecule has 2 aromatic heterocycles. The van der Waals surface area contributed by atoms with E-state index in [2.05, 4.69) is 10.4 Å². The van der Waals surface area contributed by atoms with E-state index in [1.165, 1.54) is 34.4 Å². The number of halogens is 3. The molecule has 0 bridgehead atoms. The lowest BCUT2D eigenvalue weighted by Gasteiger charge is -2.25. The molecule has 4 rings (SSSR count). The molecule has 1 unspecified atom stereocenters. The summed E-state index contributed by atoms with van der Waals surface area (Å²) in [4.78, 5) is 26.1. The summed E-state index contributed by atoms with van der Waals surface area (Å²) in [6.45, 7) is 0.160. The predicted octanol–water partition coefficient (Wildman–Crippen LogP) is 2.60. The zero-order chi connectivity index (χ0) is 21.3. The van der Waals surface area contributed by atoms with Crippen molar-refractivity contribution in [3.63, 3.8) is 0 Å². The minimum Gasteiger partial charge on any atom is -0.470 e. The molecular weight excluding hydrogens is 452 g/mol. The quantitative estimate of drug-likeness (QED) is 0.577. The number of carbonyl (C=O) groups excluding carboxylic acids is 1. The van der Waals surface area contributed by atoms with Crippen molar-refractivity contribution in [2.45, 2.75) is 19.2 Å². The molecule has 0 saturated heterocycles. The highest BCUT2D eigenvalue weighted by Gasteiger charge is 2.32. The lowest BCUT2D eigenvalue weighted by Crippen LogP contribution is -2.30. The summed E-state index contributed by atoms with van der Waals surface area (Å²) in [5, 5.41) is 6.61. The van der Waals surface area contributed by atoms with Crippen LogP contribution in [-0.2, 0) is 17.9 Å². The molecule has 8 nitrogen and oxygen atoms in total. The first-order valence-corrected chi connectivity index (χ1v) is 9.77. The van der Waals surface area contributed by atoms with Gasteiger partial charge in [-0.3, -0.25) is 9.36 Å². The second-order valence-electron chi connectivity index (χ2n) is 6.58. The minimum atomic E-state index is -0.991. The molecule has 0 saturated carbocycles. The first-order chi connectivity index (χ1) is 14.5. The monoisotopic (exact) mass is 469 g/mol. The fourth-order valence-electron chi connectivity index (χ4n) is 3.00. The molecule has 1 aromatic carbocycles. The molecule has 3 N–H and O–H groups in total. The highest BCUT2D eigenvalue weighted by molar-refractivity contribution is 7.12. The molecule has 31 heavy (non-hydrogen) atoms. The summed E-state index contributed by atoms with van der Waals surface area (Å²) in [6.07, 6.45) is 0.728. The van der Waals surface area contributed by atoms with Crippen LogP contribution in [0.15, 0.2) is 53.4 Å². The fraction of sp³-hybridized carbons (Fsp3) is 0.211. The molecule has 1 amide bonds. The fourth-order valence-corrected chi connectivity index (χ4v) is 4.04. The largest absolute Gasteiger partial charge is 0.470 e. The second kappa shape index (κ2) is 9.41. The predicted molar refractivity (Wildman–Crippen MR) is 114 cm³/mol. The highest BCUT2D eigenvalue weighted by atomic mass is 35.5. The lowest BCUT2D eigenvalue weighted by atomic mass is 10.2. The Morgan fingerprint density at radius 2 is 2.13 bits per heavy atom. The maximum absolute atomic E-state index is 14.0. The van der Waals surface area contributed by atoms with E-state index in [0.717, 1.165) is 9.56 Å². The van der Waals surface area contributed by atoms with E-state index in [4.69, 9.17) is 10.5 Å². The zero-order valence-electron chi connectivity index (χ0n) is 16.0. The number of para-hydroxylation sites is 1. The van der Waals surface area contributed by atoms with Crippen molar-refractivity contribution in [2.24, 2.45) is 5.73 Å². The molecular formula is C19H18ClF2N5O3S. The summed E-state index contributed by atoms with van der Waals surface area (Å²) < 4.78 is 34.8. The number of hydrogen-bond donors (Lipinski definition) is 2. The Bertz CT molecular complexity index is 1190. The maximum atomic E-state index is 14.0. The molecule has 1 aliphatic rings. The van der Waals surface area contributed by atoms with Crippen LogP contribution < -0.4 is 21.5 Å². The number of nitrogens with two attached hydrogens (primary N) is 1. The van der Waals surface area contributed by atoms with E-state index in [9.17, 15) is 18.4 Å². The molecule has 3 aromatic rings. The van der Waals surface area contributed by atoms with Crippen LogP contribution in [0.3, 0.4) is 0 Å². The van der Waals surface area contributed by atoms with Crippen molar-refractivity contribution in [2.75, 3.05) is 11.9 Å². The normalized spacial score (nSPS) is 15.6. The summed E-state index contributed by atoms with van der Waals surface area (Å²) in [5.41, 5.74) is 5.52. The number of nitrogens with zero attached hydrogens (tertiary/aromatic N) is 3. The Morgan fingerprint density at radius 3 is 2.87 bits per heavy atom. The van der Waals surface area contributed by atoms with E-state index < -0.39 is 23.5 Å². The standard InChI is InChI=1S/C19H17F2N5O3S.ClH/c20-6-11(7-22)8-26-19(28)25(10-23-26)9-12-4-5-15(30-12)17-18(27)24-14-3-1-2-13(21)16(14)29-17;/h1-6,10,17H,7-9,22H2,(H,24,27);1H/b11-6+;. The number of ether oxygens (including phenoxy) is 1. The Morgan fingerprint density at radius 1 is 1.32 bits per heavy atom. The average molecular weight is 470 g/mol. The van der Waals surface area contributed by atoms with Gasteiger partial charge >= 0.3 is 5.69 Å². The van der Waals surface area contributed by atoms with Crippen LogP contribution in [-0.4, -0.2) is 26.8 Å². The Hall–Kier alpha value is -3.02. The molecule has 3 heterocycles. The topological polar surface area (TPSA) is 104 Å². The minimum absolute atomic E-state index is 0. The van der Waals surface area contributed by atoms with Crippen molar-refractivity contribution in [3.8, 4) is 5.75 Å². The Labute approximate surface area is 185 Å². The number of rotatable bonds is 6. The third kappa shape index (κ3) is 4.53. The van der Waals surface area contributed by atoms with Gasteiger partial charge in [0.05, 0.1) is 30.0 Å². The third-order valence-corrected chi connectivity index (χ3v) is 5.65. The van der Waals surface area contributed by atoms with Crippen molar-refractivity contribution < 1.29 is 18.3 Å². The number of nitrogens with one attached hydrogen (secondary N) is 1. The summed E-state index contributed by atoms with van der Waals surface area (Å²) in [7, 11) is 0. The second-order valence-corrected chi connectivity index (χ2v) is 7.78. The maximum Gasteiger partial charge on any atom is 0.346 e. The van der Waals surface area contributed by atoms with Gasteiger partial charge in [0.15, 0.2) is 11.6 Å². The molecule has 164 valence electrons. The van der Waals surface area contributed by atoms with Gasteiger partial charge in [-0.05, 0) is 29.8 Å². The molecule has 0 fully saturated rings. The van der Waals surface area contributed by atoms with Crippen LogP contribution in [0.4, 0.5) is 14.5 Å². The summed E-state index contributed by atoms with van der Waals surface area (Å²) in [5.74, 6) is -0.975. The molecule has 0 spiro atoms. The van der Waals surface area contributed by atoms with Gasteiger partial charge in [-0.2, -0.15) is 5.10 Å². The molecule has 1 aliphatic heterocycles. The van der Waals surface area contributed by atoms with Crippen LogP contribution in [0.5, 0.6) is 5.75 Å². The third-order valence-electron chi connectivity index (χ3n) is 4.53. The Kier molecular flexibility index (Phi) is 6.88. The van der Waals surface area contributed by atoms with Gasteiger partial charge in [-0.15, -0.1) is 23.7 Å².